The van der Waals surface area contributed by atoms with Gasteiger partial charge in [-0.2, -0.15) is 5.26 Å². The summed E-state index contributed by atoms with van der Waals surface area (Å²) in [5.41, 5.74) is 2.01. The lowest BCUT2D eigenvalue weighted by Gasteiger charge is -2.09. The van der Waals surface area contributed by atoms with Crippen molar-refractivity contribution < 1.29 is 9.47 Å². The molecule has 3 aromatic rings. The van der Waals surface area contributed by atoms with Gasteiger partial charge in [0.2, 0.25) is 5.88 Å². The van der Waals surface area contributed by atoms with Gasteiger partial charge < -0.3 is 9.47 Å². The van der Waals surface area contributed by atoms with Crippen molar-refractivity contribution in [1.82, 2.24) is 14.5 Å². The molecule has 23 heavy (non-hydrogen) atoms. The molecule has 2 heterocycles. The monoisotopic (exact) mass is 306 g/mol. The molecule has 0 bridgehead atoms. The second kappa shape index (κ2) is 6.20. The normalized spacial score (nSPS) is 10.1. The molecule has 0 aliphatic heterocycles. The van der Waals surface area contributed by atoms with Gasteiger partial charge >= 0.3 is 0 Å². The zero-order chi connectivity index (χ0) is 16.2. The predicted molar refractivity (Wildman–Crippen MR) is 84.6 cm³/mol. The standard InChI is InChI=1S/C17H14N4O2/c1-22-15-6-4-14(5-7-15)21-11-13(9-18)20-17(21)12-3-8-16(23-2)19-10-12/h3-8,10-11H,1-2H3. The molecule has 2 aromatic heterocycles. The van der Waals surface area contributed by atoms with E-state index in [1.807, 2.05) is 34.9 Å². The Morgan fingerprint density at radius 2 is 1.83 bits per heavy atom. The topological polar surface area (TPSA) is 73.0 Å². The van der Waals surface area contributed by atoms with Crippen LogP contribution in [0.5, 0.6) is 11.6 Å². The number of imidazole rings is 1. The first-order valence-corrected chi connectivity index (χ1v) is 6.89. The zero-order valence-electron chi connectivity index (χ0n) is 12.7. The molecule has 6 nitrogen and oxygen atoms in total. The van der Waals surface area contributed by atoms with Crippen LogP contribution in [0, 0.1) is 11.3 Å². The summed E-state index contributed by atoms with van der Waals surface area (Å²) >= 11 is 0. The summed E-state index contributed by atoms with van der Waals surface area (Å²) in [6.45, 7) is 0. The van der Waals surface area contributed by atoms with Crippen molar-refractivity contribution >= 4 is 0 Å². The van der Waals surface area contributed by atoms with Gasteiger partial charge in [-0.15, -0.1) is 0 Å². The summed E-state index contributed by atoms with van der Waals surface area (Å²) in [7, 11) is 3.18. The number of nitrogens with zero attached hydrogens (tertiary/aromatic N) is 4. The van der Waals surface area contributed by atoms with Crippen molar-refractivity contribution in [1.29, 1.82) is 5.26 Å². The first-order chi connectivity index (χ1) is 11.2. The number of nitriles is 1. The summed E-state index contributed by atoms with van der Waals surface area (Å²) in [6.07, 6.45) is 3.36. The van der Waals surface area contributed by atoms with Crippen molar-refractivity contribution in [3.63, 3.8) is 0 Å². The first kappa shape index (κ1) is 14.6. The van der Waals surface area contributed by atoms with Crippen molar-refractivity contribution in [3.8, 4) is 34.8 Å². The van der Waals surface area contributed by atoms with Gasteiger partial charge in [0.05, 0.1) is 14.2 Å². The molecule has 1 aromatic carbocycles. The third kappa shape index (κ3) is 2.85. The number of benzene rings is 1. The summed E-state index contributed by atoms with van der Waals surface area (Å²) in [5, 5.41) is 9.15. The van der Waals surface area contributed by atoms with E-state index in [1.165, 1.54) is 0 Å². The quantitative estimate of drug-likeness (QED) is 0.741. The van der Waals surface area contributed by atoms with E-state index in [0.29, 0.717) is 17.4 Å². The SMILES string of the molecule is COc1ccc(-n2cc(C#N)nc2-c2ccc(OC)nc2)cc1. The van der Waals surface area contributed by atoms with E-state index in [9.17, 15) is 0 Å². The van der Waals surface area contributed by atoms with Crippen LogP contribution in [0.1, 0.15) is 5.69 Å². The molecule has 6 heteroatoms. The fraction of sp³-hybridized carbons (Fsp3) is 0.118. The molecular weight excluding hydrogens is 292 g/mol. The summed E-state index contributed by atoms with van der Waals surface area (Å²) in [4.78, 5) is 8.56. The summed E-state index contributed by atoms with van der Waals surface area (Å²) < 4.78 is 12.1. The van der Waals surface area contributed by atoms with Gasteiger partial charge in [-0.1, -0.05) is 0 Å². The smallest absolute Gasteiger partial charge is 0.212 e. The van der Waals surface area contributed by atoms with Gasteiger partial charge in [0.1, 0.15) is 17.6 Å². The van der Waals surface area contributed by atoms with Crippen molar-refractivity contribution in [2.45, 2.75) is 0 Å². The third-order valence-corrected chi connectivity index (χ3v) is 3.37. The van der Waals surface area contributed by atoms with Crippen LogP contribution in [0.2, 0.25) is 0 Å². The second-order valence-electron chi connectivity index (χ2n) is 4.72. The van der Waals surface area contributed by atoms with E-state index in [4.69, 9.17) is 14.7 Å². The van der Waals surface area contributed by atoms with Crippen LogP contribution in [-0.2, 0) is 0 Å². The lowest BCUT2D eigenvalue weighted by molar-refractivity contribution is 0.398. The van der Waals surface area contributed by atoms with Gasteiger partial charge in [-0.25, -0.2) is 9.97 Å². The first-order valence-electron chi connectivity index (χ1n) is 6.89. The average molecular weight is 306 g/mol. The van der Waals surface area contributed by atoms with Crippen LogP contribution in [0.15, 0.2) is 48.8 Å². The van der Waals surface area contributed by atoms with Crippen molar-refractivity contribution in [2.24, 2.45) is 0 Å². The third-order valence-electron chi connectivity index (χ3n) is 3.37. The number of hydrogen-bond acceptors (Lipinski definition) is 5. The fourth-order valence-corrected chi connectivity index (χ4v) is 2.21. The minimum atomic E-state index is 0.339. The van der Waals surface area contributed by atoms with Crippen LogP contribution >= 0.6 is 0 Å². The minimum Gasteiger partial charge on any atom is -0.497 e. The Morgan fingerprint density at radius 3 is 2.39 bits per heavy atom. The Kier molecular flexibility index (Phi) is 3.93. The molecule has 0 saturated carbocycles. The van der Waals surface area contributed by atoms with Gasteiger partial charge in [0.15, 0.2) is 5.69 Å². The van der Waals surface area contributed by atoms with Crippen molar-refractivity contribution in [3.05, 3.63) is 54.5 Å². The number of ether oxygens (including phenoxy) is 2. The van der Waals surface area contributed by atoms with E-state index in [0.717, 1.165) is 17.0 Å². The summed E-state index contributed by atoms with van der Waals surface area (Å²) in [5.74, 6) is 1.93. The number of pyridine rings is 1. The zero-order valence-corrected chi connectivity index (χ0v) is 12.7. The lowest BCUT2D eigenvalue weighted by Crippen LogP contribution is -1.97. The maximum Gasteiger partial charge on any atom is 0.212 e. The van der Waals surface area contributed by atoms with Crippen LogP contribution in [-0.4, -0.2) is 28.8 Å². The maximum absolute atomic E-state index is 9.15. The summed E-state index contributed by atoms with van der Waals surface area (Å²) in [6, 6.07) is 13.2. The Bertz CT molecular complexity index is 781. The Balaban J connectivity index is 2.08. The van der Waals surface area contributed by atoms with E-state index in [-0.39, 0.29) is 0 Å². The molecule has 0 unspecified atom stereocenters. The van der Waals surface area contributed by atoms with Crippen LogP contribution < -0.4 is 9.47 Å². The van der Waals surface area contributed by atoms with Crippen LogP contribution in [0.4, 0.5) is 0 Å². The molecule has 0 N–H and O–H groups in total. The fourth-order valence-electron chi connectivity index (χ4n) is 2.21. The highest BCUT2D eigenvalue weighted by molar-refractivity contribution is 5.59. The number of methoxy groups -OCH3 is 2. The number of rotatable bonds is 4. The lowest BCUT2D eigenvalue weighted by atomic mass is 10.2. The van der Waals surface area contributed by atoms with Gasteiger partial charge in [0.25, 0.3) is 0 Å². The molecule has 3 rings (SSSR count). The molecule has 0 atom stereocenters. The molecular formula is C17H14N4O2. The molecule has 0 fully saturated rings. The molecule has 0 spiro atoms. The molecule has 0 saturated heterocycles. The van der Waals surface area contributed by atoms with E-state index >= 15 is 0 Å². The Labute approximate surface area is 133 Å². The van der Waals surface area contributed by atoms with Gasteiger partial charge in [-0.05, 0) is 30.3 Å². The largest absolute Gasteiger partial charge is 0.497 e. The predicted octanol–water partition coefficient (Wildman–Crippen LogP) is 2.82. The molecule has 0 radical (unpaired) electrons. The average Bonchev–Trinajstić information content (AvgIpc) is 3.06. The number of hydrogen-bond donors (Lipinski definition) is 0. The highest BCUT2D eigenvalue weighted by Gasteiger charge is 2.12. The highest BCUT2D eigenvalue weighted by Crippen LogP contribution is 2.24. The van der Waals surface area contributed by atoms with Gasteiger partial charge in [-0.3, -0.25) is 4.57 Å². The van der Waals surface area contributed by atoms with Gasteiger partial charge in [0, 0.05) is 29.7 Å². The second-order valence-corrected chi connectivity index (χ2v) is 4.72. The van der Waals surface area contributed by atoms with E-state index in [2.05, 4.69) is 16.0 Å². The Morgan fingerprint density at radius 1 is 1.04 bits per heavy atom. The Hall–Kier alpha value is -3.33. The van der Waals surface area contributed by atoms with Crippen LogP contribution in [0.3, 0.4) is 0 Å². The number of aromatic nitrogens is 3. The van der Waals surface area contributed by atoms with Crippen molar-refractivity contribution in [2.75, 3.05) is 14.2 Å². The maximum atomic E-state index is 9.15. The molecule has 0 aliphatic rings. The molecule has 0 aliphatic carbocycles. The highest BCUT2D eigenvalue weighted by atomic mass is 16.5. The van der Waals surface area contributed by atoms with E-state index in [1.54, 1.807) is 32.7 Å². The van der Waals surface area contributed by atoms with E-state index < -0.39 is 0 Å². The molecule has 0 amide bonds. The molecule has 114 valence electrons. The van der Waals surface area contributed by atoms with Crippen LogP contribution in [0.25, 0.3) is 17.1 Å². The minimum absolute atomic E-state index is 0.339.